The molecule has 0 amide bonds. The van der Waals surface area contributed by atoms with Crippen molar-refractivity contribution in [3.05, 3.63) is 163 Å². The molecule has 0 radical (unpaired) electrons. The van der Waals surface area contributed by atoms with Gasteiger partial charge in [0.25, 0.3) is 0 Å². The van der Waals surface area contributed by atoms with E-state index in [9.17, 15) is 2.74 Å². The van der Waals surface area contributed by atoms with Gasteiger partial charge in [0.15, 0.2) is 0 Å². The van der Waals surface area contributed by atoms with E-state index in [1.54, 1.807) is 0 Å². The molecule has 200 valence electrons. The maximum absolute atomic E-state index is 9.75. The monoisotopic (exact) mass is 541 g/mol. The summed E-state index contributed by atoms with van der Waals surface area (Å²) < 4.78 is 37.1. The van der Waals surface area contributed by atoms with Gasteiger partial charge in [0, 0.05) is 22.2 Å². The predicted octanol–water partition coefficient (Wildman–Crippen LogP) is 11.4. The Morgan fingerprint density at radius 1 is 0.548 bits per heavy atom. The van der Waals surface area contributed by atoms with Crippen molar-refractivity contribution in [2.75, 3.05) is 4.90 Å². The molecule has 0 atom stereocenters. The van der Waals surface area contributed by atoms with E-state index in [1.807, 2.05) is 71.6 Å². The summed E-state index contributed by atoms with van der Waals surface area (Å²) in [4.78, 5) is 1.97. The minimum Gasteiger partial charge on any atom is -0.310 e. The summed E-state index contributed by atoms with van der Waals surface area (Å²) in [5.41, 5.74) is 7.56. The lowest BCUT2D eigenvalue weighted by atomic mass is 9.82. The smallest absolute Gasteiger partial charge is 0.0651 e. The zero-order chi connectivity index (χ0) is 31.7. The van der Waals surface area contributed by atoms with Crippen LogP contribution in [0.1, 0.15) is 30.5 Å². The van der Waals surface area contributed by atoms with Crippen LogP contribution in [0, 0.1) is 0 Å². The molecular weight excluding hydrogens is 506 g/mol. The van der Waals surface area contributed by atoms with Gasteiger partial charge >= 0.3 is 0 Å². The minimum absolute atomic E-state index is 0.0540. The zero-order valence-electron chi connectivity index (χ0n) is 27.6. The average Bonchev–Trinajstić information content (AvgIpc) is 3.31. The maximum atomic E-state index is 9.75. The molecule has 0 saturated heterocycles. The van der Waals surface area contributed by atoms with Crippen LogP contribution in [-0.2, 0) is 5.41 Å². The second kappa shape index (κ2) is 9.46. The van der Waals surface area contributed by atoms with E-state index >= 15 is 0 Å². The van der Waals surface area contributed by atoms with Gasteiger partial charge in [-0.1, -0.05) is 135 Å². The summed E-state index contributed by atoms with van der Waals surface area (Å²) in [5, 5.41) is 3.91. The molecule has 7 aromatic carbocycles. The lowest BCUT2D eigenvalue weighted by molar-refractivity contribution is 0.660. The Balaban J connectivity index is 1.46. The fraction of sp³-hybridized carbons (Fsp3) is 0.0732. The molecule has 42 heavy (non-hydrogen) atoms. The van der Waals surface area contributed by atoms with Gasteiger partial charge in [-0.15, -0.1) is 0 Å². The van der Waals surface area contributed by atoms with Crippen LogP contribution in [0.25, 0.3) is 43.8 Å². The zero-order valence-corrected chi connectivity index (χ0v) is 23.6. The molecule has 0 spiro atoms. The highest BCUT2D eigenvalue weighted by Gasteiger charge is 2.35. The number of rotatable bonds is 4. The molecule has 7 aromatic rings. The first-order valence-corrected chi connectivity index (χ1v) is 14.4. The van der Waals surface area contributed by atoms with Crippen LogP contribution in [0.15, 0.2) is 152 Å². The van der Waals surface area contributed by atoms with Crippen molar-refractivity contribution >= 4 is 38.6 Å². The van der Waals surface area contributed by atoms with Crippen LogP contribution in [0.3, 0.4) is 0 Å². The van der Waals surface area contributed by atoms with Gasteiger partial charge in [-0.25, -0.2) is 0 Å². The number of nitrogens with zero attached hydrogens (tertiary/aromatic N) is 1. The molecule has 1 nitrogen and oxygen atoms in total. The van der Waals surface area contributed by atoms with Gasteiger partial charge in [-0.05, 0) is 79.8 Å². The average molecular weight is 542 g/mol. The number of fused-ring (bicyclic) bond motifs is 5. The Morgan fingerprint density at radius 3 is 2.05 bits per heavy atom. The Hall–Kier alpha value is -5.14. The topological polar surface area (TPSA) is 3.24 Å². The number of anilines is 3. The van der Waals surface area contributed by atoms with Gasteiger partial charge < -0.3 is 4.90 Å². The van der Waals surface area contributed by atoms with Crippen molar-refractivity contribution in [2.45, 2.75) is 19.3 Å². The summed E-state index contributed by atoms with van der Waals surface area (Å²) in [6, 6.07) is 42.5. The number of hydrogen-bond acceptors (Lipinski definition) is 1. The third kappa shape index (κ3) is 3.78. The SMILES string of the molecule is [2H]c1c([2H])c(-c2cccc3ccccc23)c([2H])c(N(c2ccc3c(c2)C(C)(C)c2ccccc2-3)c2cccc3ccccc23)c1[2H]. The molecule has 0 unspecified atom stereocenters. The van der Waals surface area contributed by atoms with E-state index in [0.717, 1.165) is 32.9 Å². The molecule has 8 rings (SSSR count). The van der Waals surface area contributed by atoms with Crippen LogP contribution in [-0.4, -0.2) is 0 Å². The summed E-state index contributed by atoms with van der Waals surface area (Å²) in [6.45, 7) is 4.48. The highest BCUT2D eigenvalue weighted by atomic mass is 15.1. The lowest BCUT2D eigenvalue weighted by Crippen LogP contribution is -2.16. The Bertz CT molecular complexity index is 2350. The minimum atomic E-state index is -0.250. The molecule has 0 aromatic heterocycles. The van der Waals surface area contributed by atoms with Crippen LogP contribution in [0.5, 0.6) is 0 Å². The first-order chi connectivity index (χ1) is 22.3. The second-order valence-corrected chi connectivity index (χ2v) is 11.5. The lowest BCUT2D eigenvalue weighted by Gasteiger charge is -2.29. The Kier molecular flexibility index (Phi) is 4.66. The summed E-state index contributed by atoms with van der Waals surface area (Å²) in [5.74, 6) is 0. The van der Waals surface area contributed by atoms with Crippen molar-refractivity contribution in [3.8, 4) is 22.3 Å². The molecule has 0 fully saturated rings. The van der Waals surface area contributed by atoms with E-state index < -0.39 is 0 Å². The first-order valence-electron chi connectivity index (χ1n) is 16.4. The molecule has 0 heterocycles. The first kappa shape index (κ1) is 20.7. The summed E-state index contributed by atoms with van der Waals surface area (Å²) in [6.07, 6.45) is 0. The fourth-order valence-electron chi connectivity index (χ4n) is 6.65. The Labute approximate surface area is 252 Å². The number of hydrogen-bond donors (Lipinski definition) is 0. The molecule has 0 bridgehead atoms. The van der Waals surface area contributed by atoms with Crippen molar-refractivity contribution in [3.63, 3.8) is 0 Å². The fourth-order valence-corrected chi connectivity index (χ4v) is 6.65. The van der Waals surface area contributed by atoms with Crippen molar-refractivity contribution in [2.24, 2.45) is 0 Å². The third-order valence-electron chi connectivity index (χ3n) is 8.73. The highest BCUT2D eigenvalue weighted by Crippen LogP contribution is 2.51. The largest absolute Gasteiger partial charge is 0.310 e. The predicted molar refractivity (Wildman–Crippen MR) is 179 cm³/mol. The molecule has 1 aliphatic carbocycles. The summed E-state index contributed by atoms with van der Waals surface area (Å²) >= 11 is 0. The number of benzene rings is 7. The molecule has 0 saturated carbocycles. The normalized spacial score (nSPS) is 14.5. The van der Waals surface area contributed by atoms with Gasteiger partial charge in [0.05, 0.1) is 11.2 Å². The molecule has 1 aliphatic rings. The Morgan fingerprint density at radius 2 is 1.19 bits per heavy atom. The van der Waals surface area contributed by atoms with E-state index in [2.05, 4.69) is 74.5 Å². The quantitative estimate of drug-likeness (QED) is 0.214. The maximum Gasteiger partial charge on any atom is 0.0651 e. The van der Waals surface area contributed by atoms with E-state index in [4.69, 9.17) is 2.74 Å². The highest BCUT2D eigenvalue weighted by molar-refractivity contribution is 6.01. The summed E-state index contributed by atoms with van der Waals surface area (Å²) in [7, 11) is 0. The molecule has 0 aliphatic heterocycles. The van der Waals surface area contributed by atoms with Gasteiger partial charge in [-0.3, -0.25) is 0 Å². The van der Waals surface area contributed by atoms with Crippen molar-refractivity contribution in [1.29, 1.82) is 0 Å². The van der Waals surface area contributed by atoms with E-state index in [-0.39, 0.29) is 35.3 Å². The van der Waals surface area contributed by atoms with Crippen LogP contribution < -0.4 is 4.90 Å². The molecular formula is C41H31N. The second-order valence-electron chi connectivity index (χ2n) is 11.5. The van der Waals surface area contributed by atoms with E-state index in [0.29, 0.717) is 11.1 Å². The van der Waals surface area contributed by atoms with Crippen molar-refractivity contribution < 1.29 is 5.48 Å². The molecule has 1 heteroatoms. The van der Waals surface area contributed by atoms with Crippen LogP contribution in [0.4, 0.5) is 17.1 Å². The van der Waals surface area contributed by atoms with Crippen LogP contribution >= 0.6 is 0 Å². The third-order valence-corrected chi connectivity index (χ3v) is 8.73. The van der Waals surface area contributed by atoms with E-state index in [1.165, 1.54) is 22.3 Å². The molecule has 0 N–H and O–H groups in total. The standard InChI is InChI=1S/C41H31N/c1-41(2)38-22-8-7-20-36(38)37-25-24-32(27-39(37)41)42(40-23-11-15-29-13-4-6-19-35(29)40)31-17-9-16-30(26-31)34-21-10-14-28-12-3-5-18-33(28)34/h3-27H,1-2H3/i9D,16D,17D,26D. The van der Waals surface area contributed by atoms with Gasteiger partial charge in [0.1, 0.15) is 0 Å². The van der Waals surface area contributed by atoms with Crippen molar-refractivity contribution in [1.82, 2.24) is 0 Å². The van der Waals surface area contributed by atoms with Gasteiger partial charge in [0.2, 0.25) is 0 Å². The van der Waals surface area contributed by atoms with Gasteiger partial charge in [-0.2, -0.15) is 0 Å². The van der Waals surface area contributed by atoms with Crippen LogP contribution in [0.2, 0.25) is 0 Å².